The number of hydrogen-bond donors (Lipinski definition) is 2. The third kappa shape index (κ3) is 5.13. The Hall–Kier alpha value is -2.30. The van der Waals surface area contributed by atoms with Gasteiger partial charge in [0.15, 0.2) is 0 Å². The SMILES string of the molecule is C/C(=C/C(=N/N=C(N)N)c1ccc(Cl)cc1)c1ccc(Cl)cc1. The Balaban J connectivity index is 2.43. The summed E-state index contributed by atoms with van der Waals surface area (Å²) in [5.41, 5.74) is 14.2. The largest absolute Gasteiger partial charge is 0.369 e. The van der Waals surface area contributed by atoms with Crippen LogP contribution in [0.15, 0.2) is 64.8 Å². The van der Waals surface area contributed by atoms with Crippen LogP contribution < -0.4 is 11.5 Å². The highest BCUT2D eigenvalue weighted by atomic mass is 35.5. The molecule has 2 aromatic carbocycles. The average molecular weight is 347 g/mol. The fraction of sp³-hybridized carbons (Fsp3) is 0.0588. The van der Waals surface area contributed by atoms with Crippen molar-refractivity contribution in [2.45, 2.75) is 6.92 Å². The summed E-state index contributed by atoms with van der Waals surface area (Å²) in [5.74, 6) is -0.103. The Morgan fingerprint density at radius 1 is 0.826 bits per heavy atom. The molecule has 0 heterocycles. The lowest BCUT2D eigenvalue weighted by atomic mass is 10.0. The predicted octanol–water partition coefficient (Wildman–Crippen LogP) is 4.07. The van der Waals surface area contributed by atoms with E-state index in [1.807, 2.05) is 49.4 Å². The van der Waals surface area contributed by atoms with Crippen LogP contribution in [0.3, 0.4) is 0 Å². The molecule has 0 aromatic heterocycles. The minimum Gasteiger partial charge on any atom is -0.369 e. The maximum atomic E-state index is 5.92. The second kappa shape index (κ2) is 7.81. The van der Waals surface area contributed by atoms with Gasteiger partial charge in [0.05, 0.1) is 5.71 Å². The molecule has 2 aromatic rings. The quantitative estimate of drug-likeness (QED) is 0.497. The van der Waals surface area contributed by atoms with Crippen LogP contribution in [0.1, 0.15) is 18.1 Å². The van der Waals surface area contributed by atoms with Crippen molar-refractivity contribution in [1.82, 2.24) is 0 Å². The lowest BCUT2D eigenvalue weighted by Crippen LogP contribution is -2.22. The Bertz CT molecular complexity index is 756. The van der Waals surface area contributed by atoms with Gasteiger partial charge in [-0.25, -0.2) is 0 Å². The molecule has 0 bridgehead atoms. The zero-order valence-corrected chi connectivity index (χ0v) is 14.0. The zero-order chi connectivity index (χ0) is 16.8. The second-order valence-electron chi connectivity index (χ2n) is 4.85. The molecule has 4 nitrogen and oxygen atoms in total. The molecule has 118 valence electrons. The van der Waals surface area contributed by atoms with Crippen LogP contribution in [-0.2, 0) is 0 Å². The van der Waals surface area contributed by atoms with Crippen LogP contribution in [0.4, 0.5) is 0 Å². The second-order valence-corrected chi connectivity index (χ2v) is 5.72. The summed E-state index contributed by atoms with van der Waals surface area (Å²) >= 11 is 11.8. The minimum atomic E-state index is -0.103. The maximum Gasteiger partial charge on any atom is 0.211 e. The molecule has 6 heteroatoms. The van der Waals surface area contributed by atoms with E-state index in [-0.39, 0.29) is 5.96 Å². The van der Waals surface area contributed by atoms with Gasteiger partial charge in [-0.1, -0.05) is 47.5 Å². The number of allylic oxidation sites excluding steroid dienone is 2. The molecular weight excluding hydrogens is 331 g/mol. The van der Waals surface area contributed by atoms with Gasteiger partial charge < -0.3 is 11.5 Å². The van der Waals surface area contributed by atoms with Crippen molar-refractivity contribution in [3.8, 4) is 0 Å². The van der Waals surface area contributed by atoms with Gasteiger partial charge in [0, 0.05) is 15.6 Å². The molecule has 0 radical (unpaired) electrons. The van der Waals surface area contributed by atoms with Gasteiger partial charge in [-0.2, -0.15) is 0 Å². The van der Waals surface area contributed by atoms with Gasteiger partial charge in [0.2, 0.25) is 5.96 Å². The Morgan fingerprint density at radius 2 is 1.30 bits per heavy atom. The molecular formula is C17H16Cl2N4. The molecule has 0 unspecified atom stereocenters. The lowest BCUT2D eigenvalue weighted by molar-refractivity contribution is 1.20. The summed E-state index contributed by atoms with van der Waals surface area (Å²) in [6.07, 6.45) is 1.90. The van der Waals surface area contributed by atoms with Crippen LogP contribution in [0.25, 0.3) is 5.57 Å². The van der Waals surface area contributed by atoms with Crippen molar-refractivity contribution in [3.63, 3.8) is 0 Å². The summed E-state index contributed by atoms with van der Waals surface area (Å²) < 4.78 is 0. The molecule has 0 spiro atoms. The molecule has 0 aliphatic heterocycles. The number of nitrogens with zero attached hydrogens (tertiary/aromatic N) is 2. The number of rotatable bonds is 4. The van der Waals surface area contributed by atoms with Crippen LogP contribution in [0.5, 0.6) is 0 Å². The van der Waals surface area contributed by atoms with E-state index in [0.717, 1.165) is 16.7 Å². The summed E-state index contributed by atoms with van der Waals surface area (Å²) in [6.45, 7) is 1.98. The molecule has 0 atom stereocenters. The summed E-state index contributed by atoms with van der Waals surface area (Å²) in [5, 5.41) is 9.20. The number of guanidine groups is 1. The summed E-state index contributed by atoms with van der Waals surface area (Å²) in [7, 11) is 0. The van der Waals surface area contributed by atoms with Gasteiger partial charge in [-0.3, -0.25) is 0 Å². The minimum absolute atomic E-state index is 0.103. The van der Waals surface area contributed by atoms with Crippen LogP contribution in [-0.4, -0.2) is 11.7 Å². The lowest BCUT2D eigenvalue weighted by Gasteiger charge is -2.05. The standard InChI is InChI=1S/C17H16Cl2N4/c1-11(12-2-6-14(18)7-3-12)10-16(22-23-17(20)21)13-4-8-15(19)9-5-13/h2-10H,1H3,(H4,20,21,23)/b11-10-,22-16-. The first-order valence-corrected chi connectivity index (χ1v) is 7.58. The normalized spacial score (nSPS) is 12.1. The molecule has 4 N–H and O–H groups in total. The number of nitrogens with two attached hydrogens (primary N) is 2. The molecule has 0 amide bonds. The highest BCUT2D eigenvalue weighted by molar-refractivity contribution is 6.31. The Kier molecular flexibility index (Phi) is 5.79. The van der Waals surface area contributed by atoms with Gasteiger partial charge in [-0.05, 0) is 48.4 Å². The van der Waals surface area contributed by atoms with Crippen LogP contribution >= 0.6 is 23.2 Å². The fourth-order valence-corrected chi connectivity index (χ4v) is 2.16. The molecule has 0 fully saturated rings. The molecule has 0 saturated heterocycles. The molecule has 0 saturated carbocycles. The van der Waals surface area contributed by atoms with Gasteiger partial charge in [0.1, 0.15) is 0 Å². The van der Waals surface area contributed by atoms with Crippen molar-refractivity contribution in [3.05, 3.63) is 75.8 Å². The fourth-order valence-electron chi connectivity index (χ4n) is 1.90. The van der Waals surface area contributed by atoms with Gasteiger partial charge >= 0.3 is 0 Å². The first-order chi connectivity index (χ1) is 11.0. The van der Waals surface area contributed by atoms with E-state index >= 15 is 0 Å². The Morgan fingerprint density at radius 3 is 1.78 bits per heavy atom. The highest BCUT2D eigenvalue weighted by Gasteiger charge is 2.04. The van der Waals surface area contributed by atoms with Gasteiger partial charge in [-0.15, -0.1) is 10.2 Å². The van der Waals surface area contributed by atoms with Crippen LogP contribution in [0.2, 0.25) is 10.0 Å². The van der Waals surface area contributed by atoms with Crippen molar-refractivity contribution in [2.75, 3.05) is 0 Å². The van der Waals surface area contributed by atoms with Gasteiger partial charge in [0.25, 0.3) is 0 Å². The zero-order valence-electron chi connectivity index (χ0n) is 12.5. The highest BCUT2D eigenvalue weighted by Crippen LogP contribution is 2.19. The van der Waals surface area contributed by atoms with Crippen LogP contribution in [0, 0.1) is 0 Å². The molecule has 0 aliphatic carbocycles. The third-order valence-electron chi connectivity index (χ3n) is 3.07. The average Bonchev–Trinajstić information content (AvgIpc) is 2.52. The van der Waals surface area contributed by atoms with Crippen molar-refractivity contribution in [1.29, 1.82) is 0 Å². The van der Waals surface area contributed by atoms with E-state index in [0.29, 0.717) is 15.8 Å². The number of hydrogen-bond acceptors (Lipinski definition) is 2. The van der Waals surface area contributed by atoms with Crippen molar-refractivity contribution >= 4 is 40.4 Å². The molecule has 23 heavy (non-hydrogen) atoms. The third-order valence-corrected chi connectivity index (χ3v) is 3.57. The Labute approximate surface area is 145 Å². The smallest absolute Gasteiger partial charge is 0.211 e. The first-order valence-electron chi connectivity index (χ1n) is 6.82. The van der Waals surface area contributed by atoms with E-state index in [2.05, 4.69) is 10.2 Å². The maximum absolute atomic E-state index is 5.92. The van der Waals surface area contributed by atoms with Crippen molar-refractivity contribution < 1.29 is 0 Å². The van der Waals surface area contributed by atoms with E-state index in [1.54, 1.807) is 12.1 Å². The van der Waals surface area contributed by atoms with E-state index in [9.17, 15) is 0 Å². The van der Waals surface area contributed by atoms with E-state index in [1.165, 1.54) is 0 Å². The van der Waals surface area contributed by atoms with Crippen molar-refractivity contribution in [2.24, 2.45) is 21.7 Å². The number of benzene rings is 2. The predicted molar refractivity (Wildman–Crippen MR) is 98.9 cm³/mol. The molecule has 2 rings (SSSR count). The topological polar surface area (TPSA) is 76.8 Å². The molecule has 0 aliphatic rings. The van der Waals surface area contributed by atoms with E-state index in [4.69, 9.17) is 34.7 Å². The van der Waals surface area contributed by atoms with E-state index < -0.39 is 0 Å². The summed E-state index contributed by atoms with van der Waals surface area (Å²) in [6, 6.07) is 14.8. The monoisotopic (exact) mass is 346 g/mol. The first kappa shape index (κ1) is 17.1. The summed E-state index contributed by atoms with van der Waals surface area (Å²) in [4.78, 5) is 0. The number of halogens is 2.